The van der Waals surface area contributed by atoms with E-state index < -0.39 is 12.1 Å². The zero-order valence-corrected chi connectivity index (χ0v) is 8.71. The van der Waals surface area contributed by atoms with Crippen molar-refractivity contribution in [2.45, 2.75) is 26.3 Å². The van der Waals surface area contributed by atoms with Crippen LogP contribution in [0.25, 0.3) is 0 Å². The summed E-state index contributed by atoms with van der Waals surface area (Å²) in [6.45, 7) is 3.38. The van der Waals surface area contributed by atoms with Crippen molar-refractivity contribution in [3.63, 3.8) is 0 Å². The van der Waals surface area contributed by atoms with Crippen LogP contribution >= 0.6 is 0 Å². The largest absolute Gasteiger partial charge is 0.573 e. The third-order valence-corrected chi connectivity index (χ3v) is 1.53. The van der Waals surface area contributed by atoms with Crippen molar-refractivity contribution in [3.05, 3.63) is 18.2 Å². The minimum absolute atomic E-state index is 0.0447. The molecule has 1 N–H and O–H groups in total. The highest BCUT2D eigenvalue weighted by Gasteiger charge is 2.31. The average molecular weight is 236 g/mol. The van der Waals surface area contributed by atoms with Crippen LogP contribution in [0.1, 0.15) is 13.8 Å². The highest BCUT2D eigenvalue weighted by atomic mass is 19.4. The fraction of sp³-hybridized carbons (Fsp3) is 0.400. The fourth-order valence-corrected chi connectivity index (χ4v) is 1.04. The van der Waals surface area contributed by atoms with Gasteiger partial charge in [-0.2, -0.15) is 0 Å². The van der Waals surface area contributed by atoms with Crippen molar-refractivity contribution in [3.8, 4) is 17.2 Å². The van der Waals surface area contributed by atoms with Gasteiger partial charge in [-0.15, -0.1) is 13.2 Å². The van der Waals surface area contributed by atoms with Gasteiger partial charge in [0.05, 0.1) is 6.10 Å². The molecule has 0 aliphatic carbocycles. The van der Waals surface area contributed by atoms with Gasteiger partial charge in [-0.05, 0) is 26.0 Å². The van der Waals surface area contributed by atoms with Gasteiger partial charge in [0.15, 0.2) is 11.5 Å². The fourth-order valence-electron chi connectivity index (χ4n) is 1.04. The van der Waals surface area contributed by atoms with Gasteiger partial charge in [0.2, 0.25) is 0 Å². The van der Waals surface area contributed by atoms with Gasteiger partial charge < -0.3 is 14.6 Å². The van der Waals surface area contributed by atoms with E-state index in [0.717, 1.165) is 18.2 Å². The maximum atomic E-state index is 11.9. The molecule has 0 atom stereocenters. The summed E-state index contributed by atoms with van der Waals surface area (Å²) in [5, 5.41) is 9.32. The smallest absolute Gasteiger partial charge is 0.504 e. The quantitative estimate of drug-likeness (QED) is 0.876. The molecule has 1 rings (SSSR count). The summed E-state index contributed by atoms with van der Waals surface area (Å²) >= 11 is 0. The van der Waals surface area contributed by atoms with E-state index in [9.17, 15) is 18.3 Å². The van der Waals surface area contributed by atoms with Gasteiger partial charge in [-0.3, -0.25) is 0 Å². The van der Waals surface area contributed by atoms with Crippen LogP contribution in [0.2, 0.25) is 0 Å². The Morgan fingerprint density at radius 2 is 1.88 bits per heavy atom. The van der Waals surface area contributed by atoms with Gasteiger partial charge in [0, 0.05) is 6.07 Å². The molecule has 16 heavy (non-hydrogen) atoms. The molecule has 0 fully saturated rings. The molecule has 0 aromatic heterocycles. The molecular formula is C10H11F3O3. The number of rotatable bonds is 3. The number of ether oxygens (including phenoxy) is 2. The Kier molecular flexibility index (Phi) is 3.51. The Morgan fingerprint density at radius 1 is 1.25 bits per heavy atom. The molecule has 1 aromatic rings. The van der Waals surface area contributed by atoms with Crippen LogP contribution in [-0.2, 0) is 0 Å². The van der Waals surface area contributed by atoms with Crippen molar-refractivity contribution >= 4 is 0 Å². The second kappa shape index (κ2) is 4.51. The topological polar surface area (TPSA) is 38.7 Å². The molecule has 6 heteroatoms. The first kappa shape index (κ1) is 12.5. The number of hydrogen-bond acceptors (Lipinski definition) is 3. The summed E-state index contributed by atoms with van der Waals surface area (Å²) in [6, 6.07) is 3.08. The monoisotopic (exact) mass is 236 g/mol. The van der Waals surface area contributed by atoms with E-state index in [0.29, 0.717) is 0 Å². The number of halogens is 3. The Labute approximate surface area is 90.4 Å². The van der Waals surface area contributed by atoms with Crippen molar-refractivity contribution in [2.75, 3.05) is 0 Å². The summed E-state index contributed by atoms with van der Waals surface area (Å²) in [7, 11) is 0. The van der Waals surface area contributed by atoms with Gasteiger partial charge in [-0.25, -0.2) is 0 Å². The molecule has 0 spiro atoms. The lowest BCUT2D eigenvalue weighted by Crippen LogP contribution is -2.17. The second-order valence-electron chi connectivity index (χ2n) is 3.34. The van der Waals surface area contributed by atoms with Crippen LogP contribution in [0.15, 0.2) is 18.2 Å². The van der Waals surface area contributed by atoms with Gasteiger partial charge in [0.1, 0.15) is 5.75 Å². The summed E-state index contributed by atoms with van der Waals surface area (Å²) < 4.78 is 44.5. The Bertz CT molecular complexity index is 361. The number of alkyl halides is 3. The van der Waals surface area contributed by atoms with Gasteiger partial charge >= 0.3 is 6.36 Å². The summed E-state index contributed by atoms with van der Waals surface area (Å²) in [6.07, 6.45) is -5.02. The van der Waals surface area contributed by atoms with E-state index >= 15 is 0 Å². The number of aromatic hydroxyl groups is 1. The molecule has 0 saturated heterocycles. The number of phenolic OH excluding ortho intramolecular Hbond substituents is 1. The zero-order chi connectivity index (χ0) is 12.3. The maximum Gasteiger partial charge on any atom is 0.573 e. The third kappa shape index (κ3) is 3.88. The molecule has 0 radical (unpaired) electrons. The first-order chi connectivity index (χ1) is 7.28. The highest BCUT2D eigenvalue weighted by molar-refractivity contribution is 5.44. The first-order valence-corrected chi connectivity index (χ1v) is 4.53. The normalized spacial score (nSPS) is 11.6. The molecule has 1 aromatic carbocycles. The predicted molar refractivity (Wildman–Crippen MR) is 50.6 cm³/mol. The molecule has 0 aliphatic rings. The van der Waals surface area contributed by atoms with E-state index in [-0.39, 0.29) is 17.6 Å². The molecule has 0 saturated carbocycles. The summed E-state index contributed by atoms with van der Waals surface area (Å²) in [5.41, 5.74) is 0. The maximum absolute atomic E-state index is 11.9. The van der Waals surface area contributed by atoms with E-state index in [1.807, 2.05) is 0 Å². The van der Waals surface area contributed by atoms with Gasteiger partial charge in [0.25, 0.3) is 0 Å². The molecular weight excluding hydrogens is 225 g/mol. The van der Waals surface area contributed by atoms with Crippen LogP contribution in [0.3, 0.4) is 0 Å². The third-order valence-electron chi connectivity index (χ3n) is 1.53. The Balaban J connectivity index is 2.89. The van der Waals surface area contributed by atoms with E-state index in [1.165, 1.54) is 0 Å². The van der Waals surface area contributed by atoms with Crippen LogP contribution in [0.4, 0.5) is 13.2 Å². The molecule has 0 unspecified atom stereocenters. The number of benzene rings is 1. The van der Waals surface area contributed by atoms with E-state index in [1.54, 1.807) is 13.8 Å². The lowest BCUT2D eigenvalue weighted by molar-refractivity contribution is -0.274. The lowest BCUT2D eigenvalue weighted by Gasteiger charge is -2.13. The molecule has 0 heterocycles. The van der Waals surface area contributed by atoms with Crippen LogP contribution in [0, 0.1) is 0 Å². The minimum Gasteiger partial charge on any atom is -0.504 e. The highest BCUT2D eigenvalue weighted by Crippen LogP contribution is 2.33. The van der Waals surface area contributed by atoms with Crippen molar-refractivity contribution in [1.82, 2.24) is 0 Å². The van der Waals surface area contributed by atoms with Gasteiger partial charge in [-0.1, -0.05) is 0 Å². The van der Waals surface area contributed by atoms with E-state index in [4.69, 9.17) is 4.74 Å². The number of phenols is 1. The van der Waals surface area contributed by atoms with Crippen molar-refractivity contribution in [1.29, 1.82) is 0 Å². The number of hydrogen-bond donors (Lipinski definition) is 1. The summed E-state index contributed by atoms with van der Waals surface area (Å²) in [5.74, 6) is -0.707. The van der Waals surface area contributed by atoms with Crippen molar-refractivity contribution in [2.24, 2.45) is 0 Å². The molecule has 90 valence electrons. The van der Waals surface area contributed by atoms with Crippen molar-refractivity contribution < 1.29 is 27.8 Å². The zero-order valence-electron chi connectivity index (χ0n) is 8.71. The molecule has 3 nitrogen and oxygen atoms in total. The van der Waals surface area contributed by atoms with Crippen LogP contribution in [-0.4, -0.2) is 17.6 Å². The standard InChI is InChI=1S/C10H11F3O3/c1-6(2)15-9-5-7(3-4-8(9)14)16-10(11,12)13/h3-6,14H,1-2H3. The summed E-state index contributed by atoms with van der Waals surface area (Å²) in [4.78, 5) is 0. The second-order valence-corrected chi connectivity index (χ2v) is 3.34. The molecule has 0 bridgehead atoms. The van der Waals surface area contributed by atoms with Crippen LogP contribution < -0.4 is 9.47 Å². The predicted octanol–water partition coefficient (Wildman–Crippen LogP) is 3.08. The van der Waals surface area contributed by atoms with E-state index in [2.05, 4.69) is 4.74 Å². The SMILES string of the molecule is CC(C)Oc1cc(OC(F)(F)F)ccc1O. The molecule has 0 amide bonds. The first-order valence-electron chi connectivity index (χ1n) is 4.53. The average Bonchev–Trinajstić information content (AvgIpc) is 2.07. The molecule has 0 aliphatic heterocycles. The Morgan fingerprint density at radius 3 is 2.38 bits per heavy atom. The van der Waals surface area contributed by atoms with Crippen LogP contribution in [0.5, 0.6) is 17.2 Å². The minimum atomic E-state index is -4.76. The lowest BCUT2D eigenvalue weighted by atomic mass is 10.3. The Hall–Kier alpha value is -1.59.